The molecule has 0 saturated carbocycles. The van der Waals surface area contributed by atoms with Gasteiger partial charge in [-0.25, -0.2) is 4.79 Å². The third-order valence-corrected chi connectivity index (χ3v) is 3.12. The van der Waals surface area contributed by atoms with Gasteiger partial charge in [0, 0.05) is 26.2 Å². The molecular weight excluding hydrogens is 379 g/mol. The van der Waals surface area contributed by atoms with Crippen molar-refractivity contribution in [3.8, 4) is 0 Å². The highest BCUT2D eigenvalue weighted by molar-refractivity contribution is 6.68. The zero-order valence-corrected chi connectivity index (χ0v) is 14.3. The number of amides is 2. The summed E-state index contributed by atoms with van der Waals surface area (Å²) in [5.74, 6) is 0. The van der Waals surface area contributed by atoms with Crippen LogP contribution in [0.1, 0.15) is 0 Å². The maximum absolute atomic E-state index is 12.3. The lowest BCUT2D eigenvalue weighted by atomic mass is 10.4. The van der Waals surface area contributed by atoms with Crippen LogP contribution in [-0.2, 0) is 0 Å². The van der Waals surface area contributed by atoms with Crippen LogP contribution in [0.2, 0.25) is 0 Å². The first-order chi connectivity index (χ1) is 8.58. The molecule has 0 aliphatic carbocycles. The molecule has 0 unspecified atom stereocenters. The summed E-state index contributed by atoms with van der Waals surface area (Å²) >= 11 is 34.3. The predicted molar refractivity (Wildman–Crippen MR) is 82.0 cm³/mol. The van der Waals surface area contributed by atoms with Gasteiger partial charge in [0.2, 0.25) is 7.59 Å². The Balaban J connectivity index is 2.73. The smallest absolute Gasteiger partial charge is 0.320 e. The zero-order chi connectivity index (χ0) is 14.7. The number of alkyl halides is 6. The summed E-state index contributed by atoms with van der Waals surface area (Å²) in [5, 5.41) is 3.14. The van der Waals surface area contributed by atoms with Gasteiger partial charge in [-0.3, -0.25) is 0 Å². The number of urea groups is 1. The van der Waals surface area contributed by atoms with Gasteiger partial charge in [0.1, 0.15) is 0 Å². The second-order valence-electron chi connectivity index (χ2n) is 4.11. The van der Waals surface area contributed by atoms with Crippen LogP contribution in [0.15, 0.2) is 0 Å². The highest BCUT2D eigenvalue weighted by Crippen LogP contribution is 2.32. The molecule has 0 spiro atoms. The third kappa shape index (κ3) is 7.51. The monoisotopic (exact) mass is 389 g/mol. The normalized spacial score (nSPS) is 17.5. The van der Waals surface area contributed by atoms with Crippen LogP contribution in [0.25, 0.3) is 0 Å². The van der Waals surface area contributed by atoms with Gasteiger partial charge in [-0.2, -0.15) is 0 Å². The fourth-order valence-corrected chi connectivity index (χ4v) is 2.55. The summed E-state index contributed by atoms with van der Waals surface area (Å²) in [6.45, 7) is 2.26. The van der Waals surface area contributed by atoms with Crippen LogP contribution < -0.4 is 5.32 Å². The summed E-state index contributed by atoms with van der Waals surface area (Å²) in [4.78, 5) is 15.2. The standard InChI is InChI=1S/C9H13Cl6N3O/c10-8(11,12)5-18(6-9(13,14)15)7(19)17-3-1-16-2-4-17/h16H,1-6H2. The molecule has 1 fully saturated rings. The summed E-state index contributed by atoms with van der Waals surface area (Å²) in [7, 11) is 0. The fraction of sp³-hybridized carbons (Fsp3) is 0.889. The summed E-state index contributed by atoms with van der Waals surface area (Å²) in [5.41, 5.74) is 0. The van der Waals surface area contributed by atoms with Crippen molar-refractivity contribution in [3.63, 3.8) is 0 Å². The average Bonchev–Trinajstić information content (AvgIpc) is 2.24. The van der Waals surface area contributed by atoms with Gasteiger partial charge in [0.15, 0.2) is 0 Å². The molecule has 0 bridgehead atoms. The lowest BCUT2D eigenvalue weighted by molar-refractivity contribution is 0.148. The van der Waals surface area contributed by atoms with Crippen LogP contribution in [0.3, 0.4) is 0 Å². The topological polar surface area (TPSA) is 35.6 Å². The van der Waals surface area contributed by atoms with Crippen molar-refractivity contribution in [1.29, 1.82) is 0 Å². The third-order valence-electron chi connectivity index (χ3n) is 2.40. The van der Waals surface area contributed by atoms with Crippen LogP contribution in [-0.4, -0.2) is 62.7 Å². The molecule has 1 heterocycles. The van der Waals surface area contributed by atoms with E-state index in [0.29, 0.717) is 26.2 Å². The van der Waals surface area contributed by atoms with E-state index in [-0.39, 0.29) is 19.1 Å². The number of carbonyl (C=O) groups excluding carboxylic acids is 1. The first-order valence-corrected chi connectivity index (χ1v) is 7.73. The molecule has 0 aromatic rings. The highest BCUT2D eigenvalue weighted by Gasteiger charge is 2.35. The first-order valence-electron chi connectivity index (χ1n) is 5.46. The predicted octanol–water partition coefficient (Wildman–Crippen LogP) is 3.05. The number of hydrogen-bond donors (Lipinski definition) is 1. The van der Waals surface area contributed by atoms with Crippen molar-refractivity contribution in [1.82, 2.24) is 15.1 Å². The van der Waals surface area contributed by atoms with Gasteiger partial charge >= 0.3 is 6.03 Å². The van der Waals surface area contributed by atoms with Crippen molar-refractivity contribution in [2.75, 3.05) is 39.3 Å². The molecule has 1 saturated heterocycles. The minimum Gasteiger partial charge on any atom is -0.322 e. The highest BCUT2D eigenvalue weighted by atomic mass is 35.6. The SMILES string of the molecule is O=C(N1CCNCC1)N(CC(Cl)(Cl)Cl)CC(Cl)(Cl)Cl. The van der Waals surface area contributed by atoms with E-state index in [9.17, 15) is 4.79 Å². The van der Waals surface area contributed by atoms with E-state index >= 15 is 0 Å². The fourth-order valence-electron chi connectivity index (χ4n) is 1.68. The van der Waals surface area contributed by atoms with Gasteiger partial charge in [-0.1, -0.05) is 69.6 Å². The van der Waals surface area contributed by atoms with E-state index in [1.807, 2.05) is 0 Å². The van der Waals surface area contributed by atoms with Gasteiger partial charge in [0.25, 0.3) is 0 Å². The molecule has 1 N–H and O–H groups in total. The minimum absolute atomic E-state index is 0.145. The summed E-state index contributed by atoms with van der Waals surface area (Å²) in [6, 6.07) is -0.306. The van der Waals surface area contributed by atoms with E-state index in [2.05, 4.69) is 5.32 Å². The average molecular weight is 392 g/mol. The second-order valence-corrected chi connectivity index (χ2v) is 9.14. The molecule has 1 rings (SSSR count). The number of hydrogen-bond acceptors (Lipinski definition) is 2. The number of rotatable bonds is 2. The Morgan fingerprint density at radius 3 is 1.79 bits per heavy atom. The quantitative estimate of drug-likeness (QED) is 0.734. The molecule has 0 aromatic carbocycles. The number of nitrogens with one attached hydrogen (secondary N) is 1. The van der Waals surface area contributed by atoms with Crippen molar-refractivity contribution in [2.45, 2.75) is 7.59 Å². The molecular formula is C9H13Cl6N3O. The molecule has 0 atom stereocenters. The Bertz CT molecular complexity index is 294. The maximum atomic E-state index is 12.3. The van der Waals surface area contributed by atoms with Crippen LogP contribution >= 0.6 is 69.6 Å². The second kappa shape index (κ2) is 7.30. The minimum atomic E-state index is -1.63. The number of piperazine rings is 1. The molecule has 4 nitrogen and oxygen atoms in total. The van der Waals surface area contributed by atoms with Crippen LogP contribution in [0.4, 0.5) is 4.79 Å². The van der Waals surface area contributed by atoms with E-state index < -0.39 is 7.59 Å². The number of nitrogens with zero attached hydrogens (tertiary/aromatic N) is 2. The van der Waals surface area contributed by atoms with E-state index in [1.54, 1.807) is 4.90 Å². The molecule has 0 aromatic heterocycles. The largest absolute Gasteiger partial charge is 0.322 e. The summed E-state index contributed by atoms with van der Waals surface area (Å²) < 4.78 is -3.25. The van der Waals surface area contributed by atoms with Gasteiger partial charge in [0.05, 0.1) is 13.1 Å². The van der Waals surface area contributed by atoms with Crippen molar-refractivity contribution >= 4 is 75.6 Å². The molecule has 1 aliphatic rings. The summed E-state index contributed by atoms with van der Waals surface area (Å²) in [6.07, 6.45) is 0. The molecule has 19 heavy (non-hydrogen) atoms. The van der Waals surface area contributed by atoms with Crippen LogP contribution in [0.5, 0.6) is 0 Å². The Labute approximate surface area is 142 Å². The van der Waals surface area contributed by atoms with Crippen molar-refractivity contribution < 1.29 is 4.79 Å². The molecule has 2 amide bonds. The van der Waals surface area contributed by atoms with Crippen molar-refractivity contribution in [3.05, 3.63) is 0 Å². The molecule has 10 heteroatoms. The van der Waals surface area contributed by atoms with Crippen molar-refractivity contribution in [2.24, 2.45) is 0 Å². The molecule has 0 radical (unpaired) electrons. The first kappa shape index (κ1) is 18.0. The Morgan fingerprint density at radius 2 is 1.42 bits per heavy atom. The number of carbonyl (C=O) groups is 1. The van der Waals surface area contributed by atoms with E-state index in [1.165, 1.54) is 4.90 Å². The van der Waals surface area contributed by atoms with Crippen LogP contribution in [0, 0.1) is 0 Å². The van der Waals surface area contributed by atoms with Gasteiger partial charge in [-0.15, -0.1) is 0 Å². The van der Waals surface area contributed by atoms with Gasteiger partial charge in [-0.05, 0) is 0 Å². The van der Waals surface area contributed by atoms with E-state index in [4.69, 9.17) is 69.6 Å². The number of halogens is 6. The maximum Gasteiger partial charge on any atom is 0.320 e. The molecule has 112 valence electrons. The van der Waals surface area contributed by atoms with Gasteiger partial charge < -0.3 is 15.1 Å². The Morgan fingerprint density at radius 1 is 1.00 bits per heavy atom. The molecule has 1 aliphatic heterocycles. The lowest BCUT2D eigenvalue weighted by Gasteiger charge is -2.35. The lowest BCUT2D eigenvalue weighted by Crippen LogP contribution is -2.54. The Hall–Kier alpha value is 0.970. The Kier molecular flexibility index (Phi) is 6.92. The van der Waals surface area contributed by atoms with E-state index in [0.717, 1.165) is 0 Å². The zero-order valence-electron chi connectivity index (χ0n) is 9.81.